The Morgan fingerprint density at radius 1 is 1.33 bits per heavy atom. The molecule has 4 nitrogen and oxygen atoms in total. The summed E-state index contributed by atoms with van der Waals surface area (Å²) in [5.74, 6) is -0.602. The van der Waals surface area contributed by atoms with Crippen molar-refractivity contribution < 1.29 is 22.7 Å². The molecule has 0 aromatic heterocycles. The van der Waals surface area contributed by atoms with Gasteiger partial charge in [-0.25, -0.2) is 0 Å². The van der Waals surface area contributed by atoms with E-state index in [2.05, 4.69) is 0 Å². The minimum absolute atomic E-state index is 0. The van der Waals surface area contributed by atoms with E-state index in [-0.39, 0.29) is 31.4 Å². The molecule has 0 aliphatic rings. The van der Waals surface area contributed by atoms with Gasteiger partial charge in [-0.3, -0.25) is 4.79 Å². The third kappa shape index (κ3) is 5.96. The minimum atomic E-state index is -4.42. The lowest BCUT2D eigenvalue weighted by molar-refractivity contribution is -0.137. The van der Waals surface area contributed by atoms with Gasteiger partial charge in [-0.1, -0.05) is 19.1 Å². The first-order valence-electron chi connectivity index (χ1n) is 7.39. The molecular weight excluding hydrogens is 345 g/mol. The van der Waals surface area contributed by atoms with Gasteiger partial charge in [0.15, 0.2) is 0 Å². The summed E-state index contributed by atoms with van der Waals surface area (Å²) >= 11 is 0. The number of amides is 1. The molecule has 1 aromatic carbocycles. The number of carbonyl (C=O) groups excluding carboxylic acids is 1. The molecule has 0 heterocycles. The molecule has 24 heavy (non-hydrogen) atoms. The van der Waals surface area contributed by atoms with Gasteiger partial charge in [0.25, 0.3) is 0 Å². The molecular formula is C16H24ClF3N2O2. The predicted octanol–water partition coefficient (Wildman–Crippen LogP) is 3.26. The van der Waals surface area contributed by atoms with E-state index in [1.165, 1.54) is 18.1 Å². The molecule has 138 valence electrons. The summed E-state index contributed by atoms with van der Waals surface area (Å²) in [7, 11) is 1.50. The maximum atomic E-state index is 12.9. The second-order valence-electron chi connectivity index (χ2n) is 5.46. The molecule has 1 aromatic rings. The number of methoxy groups -OCH3 is 1. The zero-order valence-corrected chi connectivity index (χ0v) is 14.8. The van der Waals surface area contributed by atoms with Gasteiger partial charge in [-0.15, -0.1) is 12.4 Å². The van der Waals surface area contributed by atoms with Gasteiger partial charge in [-0.2, -0.15) is 13.2 Å². The number of alkyl halides is 3. The fourth-order valence-electron chi connectivity index (χ4n) is 2.22. The zero-order chi connectivity index (χ0) is 17.6. The lowest BCUT2D eigenvalue weighted by atomic mass is 10.0. The van der Waals surface area contributed by atoms with E-state index >= 15 is 0 Å². The monoisotopic (exact) mass is 368 g/mol. The van der Waals surface area contributed by atoms with Crippen molar-refractivity contribution in [1.82, 2.24) is 4.90 Å². The summed E-state index contributed by atoms with van der Waals surface area (Å²) in [6.07, 6.45) is -4.42. The smallest absolute Gasteiger partial charge is 0.383 e. The molecule has 0 saturated heterocycles. The third-order valence-electron chi connectivity index (χ3n) is 3.76. The summed E-state index contributed by atoms with van der Waals surface area (Å²) in [5, 5.41) is 0. The average Bonchev–Trinajstić information content (AvgIpc) is 2.53. The highest BCUT2D eigenvalue weighted by Crippen LogP contribution is 2.32. The number of nitrogens with zero attached hydrogens (tertiary/aromatic N) is 1. The quantitative estimate of drug-likeness (QED) is 0.803. The van der Waals surface area contributed by atoms with Crippen LogP contribution in [0.2, 0.25) is 0 Å². The Hall–Kier alpha value is -1.31. The molecule has 0 aliphatic heterocycles. The number of hydrogen-bond acceptors (Lipinski definition) is 3. The van der Waals surface area contributed by atoms with Crippen LogP contribution in [-0.2, 0) is 15.7 Å². The lowest BCUT2D eigenvalue weighted by Crippen LogP contribution is -2.41. The zero-order valence-electron chi connectivity index (χ0n) is 14.0. The van der Waals surface area contributed by atoms with E-state index in [4.69, 9.17) is 10.5 Å². The molecule has 8 heteroatoms. The number of rotatable bonds is 7. The molecule has 1 rings (SSSR count). The standard InChI is InChI=1S/C16H23F3N2O2.ClH/c1-11(10-20)15(22)21(7-8-23-3)12(2)13-5-4-6-14(9-13)16(17,18)19;/h4-6,9,11-12H,7-8,10,20H2,1-3H3;1H. The average molecular weight is 369 g/mol. The number of ether oxygens (including phenoxy) is 1. The van der Waals surface area contributed by atoms with Crippen molar-refractivity contribution in [3.8, 4) is 0 Å². The van der Waals surface area contributed by atoms with Gasteiger partial charge in [0.05, 0.1) is 18.2 Å². The molecule has 1 amide bonds. The summed E-state index contributed by atoms with van der Waals surface area (Å²) in [5.41, 5.74) is 5.23. The molecule has 2 atom stereocenters. The van der Waals surface area contributed by atoms with E-state index in [0.29, 0.717) is 12.2 Å². The molecule has 2 unspecified atom stereocenters. The highest BCUT2D eigenvalue weighted by molar-refractivity contribution is 5.85. The van der Waals surface area contributed by atoms with Crippen LogP contribution in [0, 0.1) is 5.92 Å². The van der Waals surface area contributed by atoms with E-state index in [0.717, 1.165) is 12.1 Å². The van der Waals surface area contributed by atoms with Crippen LogP contribution in [0.1, 0.15) is 31.0 Å². The Labute approximate surface area is 146 Å². The fourth-order valence-corrected chi connectivity index (χ4v) is 2.22. The maximum absolute atomic E-state index is 12.9. The van der Waals surface area contributed by atoms with E-state index in [9.17, 15) is 18.0 Å². The first kappa shape index (κ1) is 22.7. The molecule has 2 N–H and O–H groups in total. The Morgan fingerprint density at radius 3 is 2.46 bits per heavy atom. The van der Waals surface area contributed by atoms with Crippen LogP contribution in [0.3, 0.4) is 0 Å². The van der Waals surface area contributed by atoms with Gasteiger partial charge in [0.1, 0.15) is 0 Å². The van der Waals surface area contributed by atoms with E-state index in [1.807, 2.05) is 0 Å². The van der Waals surface area contributed by atoms with Crippen molar-refractivity contribution in [3.63, 3.8) is 0 Å². The molecule has 0 aliphatic carbocycles. The minimum Gasteiger partial charge on any atom is -0.383 e. The Kier molecular flexibility index (Phi) is 9.32. The first-order valence-corrected chi connectivity index (χ1v) is 7.39. The van der Waals surface area contributed by atoms with Gasteiger partial charge in [0, 0.05) is 26.1 Å². The summed E-state index contributed by atoms with van der Waals surface area (Å²) < 4.78 is 43.6. The highest BCUT2D eigenvalue weighted by atomic mass is 35.5. The van der Waals surface area contributed by atoms with Crippen molar-refractivity contribution in [2.75, 3.05) is 26.8 Å². The maximum Gasteiger partial charge on any atom is 0.416 e. The fraction of sp³-hybridized carbons (Fsp3) is 0.562. The van der Waals surface area contributed by atoms with E-state index in [1.54, 1.807) is 19.9 Å². The molecule has 0 spiro atoms. The van der Waals surface area contributed by atoms with Crippen molar-refractivity contribution in [3.05, 3.63) is 35.4 Å². The van der Waals surface area contributed by atoms with Crippen LogP contribution in [-0.4, -0.2) is 37.6 Å². The second-order valence-corrected chi connectivity index (χ2v) is 5.46. The lowest BCUT2D eigenvalue weighted by Gasteiger charge is -2.31. The highest BCUT2D eigenvalue weighted by Gasteiger charge is 2.32. The van der Waals surface area contributed by atoms with Gasteiger partial charge >= 0.3 is 6.18 Å². The normalized spacial score (nSPS) is 13.8. The van der Waals surface area contributed by atoms with Gasteiger partial charge in [-0.05, 0) is 24.6 Å². The van der Waals surface area contributed by atoms with Crippen molar-refractivity contribution in [1.29, 1.82) is 0 Å². The SMILES string of the molecule is COCCN(C(=O)C(C)CN)C(C)c1cccc(C(F)(F)F)c1.Cl. The number of nitrogens with two attached hydrogens (primary N) is 1. The molecule has 0 radical (unpaired) electrons. The van der Waals surface area contributed by atoms with Crippen molar-refractivity contribution in [2.24, 2.45) is 11.7 Å². The van der Waals surface area contributed by atoms with Crippen LogP contribution in [0.4, 0.5) is 13.2 Å². The number of carbonyl (C=O) groups is 1. The van der Waals surface area contributed by atoms with Gasteiger partial charge in [0.2, 0.25) is 5.91 Å². The Morgan fingerprint density at radius 2 is 1.96 bits per heavy atom. The number of benzene rings is 1. The Balaban J connectivity index is 0.00000529. The van der Waals surface area contributed by atoms with Gasteiger partial charge < -0.3 is 15.4 Å². The largest absolute Gasteiger partial charge is 0.416 e. The number of halogens is 4. The van der Waals surface area contributed by atoms with Crippen LogP contribution in [0.5, 0.6) is 0 Å². The summed E-state index contributed by atoms with van der Waals surface area (Å²) in [4.78, 5) is 14.0. The summed E-state index contributed by atoms with van der Waals surface area (Å²) in [6.45, 7) is 4.16. The first-order chi connectivity index (χ1) is 10.7. The summed E-state index contributed by atoms with van der Waals surface area (Å²) in [6, 6.07) is 4.51. The van der Waals surface area contributed by atoms with Crippen LogP contribution in [0.25, 0.3) is 0 Å². The second kappa shape index (κ2) is 9.86. The molecule has 0 bridgehead atoms. The van der Waals surface area contributed by atoms with E-state index < -0.39 is 23.7 Å². The van der Waals surface area contributed by atoms with Crippen LogP contribution >= 0.6 is 12.4 Å². The molecule has 0 saturated carbocycles. The predicted molar refractivity (Wildman–Crippen MR) is 88.9 cm³/mol. The van der Waals surface area contributed by atoms with Crippen LogP contribution in [0.15, 0.2) is 24.3 Å². The van der Waals surface area contributed by atoms with Crippen LogP contribution < -0.4 is 5.73 Å². The number of hydrogen-bond donors (Lipinski definition) is 1. The van der Waals surface area contributed by atoms with Crippen molar-refractivity contribution >= 4 is 18.3 Å². The third-order valence-corrected chi connectivity index (χ3v) is 3.76. The topological polar surface area (TPSA) is 55.6 Å². The van der Waals surface area contributed by atoms with Crippen molar-refractivity contribution in [2.45, 2.75) is 26.1 Å². The Bertz CT molecular complexity index is 526. The molecule has 0 fully saturated rings.